The second-order valence-corrected chi connectivity index (χ2v) is 3.79. The molecule has 0 saturated heterocycles. The number of hydrogen-bond donors (Lipinski definition) is 2. The fraction of sp³-hybridized carbons (Fsp3) is 0.600. The van der Waals surface area contributed by atoms with Crippen LogP contribution in [0.15, 0.2) is 12.5 Å². The number of nitrogens with zero attached hydrogens (tertiary/aromatic N) is 1. The molecule has 0 aliphatic carbocycles. The van der Waals surface area contributed by atoms with Crippen LogP contribution in [0.5, 0.6) is 0 Å². The molecule has 0 spiro atoms. The van der Waals surface area contributed by atoms with E-state index in [1.54, 1.807) is 12.5 Å². The predicted molar refractivity (Wildman–Crippen MR) is 54.5 cm³/mol. The number of H-pyrrole nitrogens is 1. The van der Waals surface area contributed by atoms with Crippen LogP contribution in [0.1, 0.15) is 32.4 Å². The molecule has 0 aliphatic heterocycles. The predicted octanol–water partition coefficient (Wildman–Crippen LogP) is 1.46. The van der Waals surface area contributed by atoms with Gasteiger partial charge in [-0.3, -0.25) is 4.79 Å². The molecule has 0 aromatic carbocycles. The molecule has 78 valence electrons. The summed E-state index contributed by atoms with van der Waals surface area (Å²) in [5.41, 5.74) is 0.933. The maximum absolute atomic E-state index is 11.3. The zero-order chi connectivity index (χ0) is 10.4. The first kappa shape index (κ1) is 10.8. The zero-order valence-electron chi connectivity index (χ0n) is 8.71. The highest BCUT2D eigenvalue weighted by atomic mass is 16.1. The maximum Gasteiger partial charge on any atom is 0.220 e. The van der Waals surface area contributed by atoms with Crippen LogP contribution < -0.4 is 5.32 Å². The van der Waals surface area contributed by atoms with Crippen molar-refractivity contribution in [1.29, 1.82) is 0 Å². The molecule has 1 rings (SSSR count). The first-order valence-corrected chi connectivity index (χ1v) is 4.92. The van der Waals surface area contributed by atoms with Gasteiger partial charge in [0.2, 0.25) is 5.91 Å². The van der Waals surface area contributed by atoms with Gasteiger partial charge in [-0.1, -0.05) is 13.8 Å². The maximum atomic E-state index is 11.3. The molecule has 1 amide bonds. The molecule has 1 heterocycles. The molecule has 14 heavy (non-hydrogen) atoms. The van der Waals surface area contributed by atoms with E-state index in [1.165, 1.54) is 0 Å². The molecule has 1 aromatic rings. The van der Waals surface area contributed by atoms with E-state index in [4.69, 9.17) is 0 Å². The fourth-order valence-electron chi connectivity index (χ4n) is 1.08. The zero-order valence-corrected chi connectivity index (χ0v) is 8.71. The van der Waals surface area contributed by atoms with Crippen LogP contribution >= 0.6 is 0 Å². The number of rotatable bonds is 5. The van der Waals surface area contributed by atoms with Gasteiger partial charge in [0, 0.05) is 12.6 Å². The summed E-state index contributed by atoms with van der Waals surface area (Å²) in [6.45, 7) is 4.77. The van der Waals surface area contributed by atoms with Gasteiger partial charge >= 0.3 is 0 Å². The van der Waals surface area contributed by atoms with Crippen LogP contribution in [0, 0.1) is 5.92 Å². The van der Waals surface area contributed by atoms with E-state index in [9.17, 15) is 4.79 Å². The summed E-state index contributed by atoms with van der Waals surface area (Å²) in [6.07, 6.45) is 4.86. The van der Waals surface area contributed by atoms with Gasteiger partial charge in [0.05, 0.1) is 18.6 Å². The SMILES string of the molecule is CC(C)CCC(=O)NCc1cnc[nH]1. The van der Waals surface area contributed by atoms with Gasteiger partial charge in [0.25, 0.3) is 0 Å². The van der Waals surface area contributed by atoms with Crippen molar-refractivity contribution in [2.24, 2.45) is 5.92 Å². The van der Waals surface area contributed by atoms with Crippen LogP contribution in [0.25, 0.3) is 0 Å². The highest BCUT2D eigenvalue weighted by Gasteiger charge is 2.03. The van der Waals surface area contributed by atoms with Crippen LogP contribution in [-0.4, -0.2) is 15.9 Å². The van der Waals surface area contributed by atoms with Crippen molar-refractivity contribution in [3.63, 3.8) is 0 Å². The number of aromatic nitrogens is 2. The summed E-state index contributed by atoms with van der Waals surface area (Å²) < 4.78 is 0. The molecule has 4 heteroatoms. The molecule has 0 saturated carbocycles. The monoisotopic (exact) mass is 195 g/mol. The largest absolute Gasteiger partial charge is 0.350 e. The summed E-state index contributed by atoms with van der Waals surface area (Å²) in [7, 11) is 0. The molecule has 0 atom stereocenters. The number of carbonyl (C=O) groups excluding carboxylic acids is 1. The Bertz CT molecular complexity index is 267. The summed E-state index contributed by atoms with van der Waals surface area (Å²) in [4.78, 5) is 18.1. The minimum Gasteiger partial charge on any atom is -0.350 e. The molecule has 0 aliphatic rings. The lowest BCUT2D eigenvalue weighted by atomic mass is 10.1. The number of amides is 1. The fourth-order valence-corrected chi connectivity index (χ4v) is 1.08. The first-order valence-electron chi connectivity index (χ1n) is 4.92. The van der Waals surface area contributed by atoms with Crippen molar-refractivity contribution in [3.8, 4) is 0 Å². The lowest BCUT2D eigenvalue weighted by Crippen LogP contribution is -2.22. The van der Waals surface area contributed by atoms with E-state index in [2.05, 4.69) is 29.1 Å². The standard InChI is InChI=1S/C10H17N3O/c1-8(2)3-4-10(14)12-6-9-5-11-7-13-9/h5,7-8H,3-4,6H2,1-2H3,(H,11,13)(H,12,14). The number of aromatic amines is 1. The molecular formula is C10H17N3O. The highest BCUT2D eigenvalue weighted by Crippen LogP contribution is 2.02. The quantitative estimate of drug-likeness (QED) is 0.747. The average Bonchev–Trinajstić information content (AvgIpc) is 2.63. The van der Waals surface area contributed by atoms with Crippen molar-refractivity contribution in [1.82, 2.24) is 15.3 Å². The van der Waals surface area contributed by atoms with Crippen LogP contribution in [0.4, 0.5) is 0 Å². The second-order valence-electron chi connectivity index (χ2n) is 3.79. The molecule has 4 nitrogen and oxygen atoms in total. The average molecular weight is 195 g/mol. The number of imidazole rings is 1. The Balaban J connectivity index is 2.15. The molecule has 0 fully saturated rings. The van der Waals surface area contributed by atoms with E-state index in [0.29, 0.717) is 18.9 Å². The van der Waals surface area contributed by atoms with Gasteiger partial charge in [0.1, 0.15) is 0 Å². The third-order valence-corrected chi connectivity index (χ3v) is 1.98. The van der Waals surface area contributed by atoms with Crippen molar-refractivity contribution in [2.75, 3.05) is 0 Å². The number of carbonyl (C=O) groups is 1. The summed E-state index contributed by atoms with van der Waals surface area (Å²) in [5.74, 6) is 0.682. The van der Waals surface area contributed by atoms with Crippen molar-refractivity contribution >= 4 is 5.91 Å². The molecular weight excluding hydrogens is 178 g/mol. The lowest BCUT2D eigenvalue weighted by molar-refractivity contribution is -0.121. The van der Waals surface area contributed by atoms with Crippen LogP contribution in [0.3, 0.4) is 0 Å². The van der Waals surface area contributed by atoms with Crippen molar-refractivity contribution in [3.05, 3.63) is 18.2 Å². The third kappa shape index (κ3) is 4.07. The normalized spacial score (nSPS) is 10.5. The third-order valence-electron chi connectivity index (χ3n) is 1.98. The van der Waals surface area contributed by atoms with Gasteiger partial charge in [-0.15, -0.1) is 0 Å². The molecule has 1 aromatic heterocycles. The van der Waals surface area contributed by atoms with Gasteiger partial charge in [-0.2, -0.15) is 0 Å². The first-order chi connectivity index (χ1) is 6.68. The van der Waals surface area contributed by atoms with E-state index in [1.807, 2.05) is 0 Å². The Morgan fingerprint density at radius 1 is 1.64 bits per heavy atom. The summed E-state index contributed by atoms with van der Waals surface area (Å²) in [6, 6.07) is 0. The Morgan fingerprint density at radius 3 is 3.00 bits per heavy atom. The Hall–Kier alpha value is -1.32. The van der Waals surface area contributed by atoms with Gasteiger partial charge < -0.3 is 10.3 Å². The smallest absolute Gasteiger partial charge is 0.220 e. The number of hydrogen-bond acceptors (Lipinski definition) is 2. The minimum atomic E-state index is 0.105. The van der Waals surface area contributed by atoms with E-state index in [0.717, 1.165) is 12.1 Å². The highest BCUT2D eigenvalue weighted by molar-refractivity contribution is 5.75. The van der Waals surface area contributed by atoms with Crippen LogP contribution in [-0.2, 0) is 11.3 Å². The van der Waals surface area contributed by atoms with Gasteiger partial charge in [-0.25, -0.2) is 4.98 Å². The van der Waals surface area contributed by atoms with E-state index in [-0.39, 0.29) is 5.91 Å². The van der Waals surface area contributed by atoms with E-state index >= 15 is 0 Å². The van der Waals surface area contributed by atoms with E-state index < -0.39 is 0 Å². The Kier molecular flexibility index (Phi) is 4.16. The lowest BCUT2D eigenvalue weighted by Gasteiger charge is -2.05. The number of nitrogens with one attached hydrogen (secondary N) is 2. The second kappa shape index (κ2) is 5.42. The van der Waals surface area contributed by atoms with Gasteiger partial charge in [-0.05, 0) is 12.3 Å². The van der Waals surface area contributed by atoms with Crippen molar-refractivity contribution < 1.29 is 4.79 Å². The minimum absolute atomic E-state index is 0.105. The van der Waals surface area contributed by atoms with Gasteiger partial charge in [0.15, 0.2) is 0 Å². The Morgan fingerprint density at radius 2 is 2.43 bits per heavy atom. The van der Waals surface area contributed by atoms with Crippen LogP contribution in [0.2, 0.25) is 0 Å². The topological polar surface area (TPSA) is 57.8 Å². The summed E-state index contributed by atoms with van der Waals surface area (Å²) >= 11 is 0. The summed E-state index contributed by atoms with van der Waals surface area (Å²) in [5, 5.41) is 2.83. The molecule has 0 bridgehead atoms. The molecule has 0 radical (unpaired) electrons. The Labute approximate surface area is 84.1 Å². The molecule has 2 N–H and O–H groups in total. The molecule has 0 unspecified atom stereocenters. The van der Waals surface area contributed by atoms with Crippen molar-refractivity contribution in [2.45, 2.75) is 33.2 Å².